The first-order chi connectivity index (χ1) is 15.5. The first kappa shape index (κ1) is 21.7. The highest BCUT2D eigenvalue weighted by Crippen LogP contribution is 2.38. The smallest absolute Gasteiger partial charge is 0.275 e. The van der Waals surface area contributed by atoms with Crippen LogP contribution in [0.3, 0.4) is 0 Å². The molecule has 0 aliphatic heterocycles. The summed E-state index contributed by atoms with van der Waals surface area (Å²) in [4.78, 5) is 16.8. The zero-order valence-electron chi connectivity index (χ0n) is 17.1. The molecule has 1 aromatic heterocycles. The lowest BCUT2D eigenvalue weighted by Crippen LogP contribution is -2.31. The molecular formula is C24H19ClF2N4O. The predicted octanol–water partition coefficient (Wildman–Crippen LogP) is 5.12. The monoisotopic (exact) mass is 452 g/mol. The molecule has 32 heavy (non-hydrogen) atoms. The topological polar surface area (TPSA) is 59.3 Å². The molecule has 1 amide bonds. The lowest BCUT2D eigenvalue weighted by molar-refractivity contribution is 0.100. The van der Waals surface area contributed by atoms with Crippen LogP contribution in [0.15, 0.2) is 53.7 Å². The summed E-state index contributed by atoms with van der Waals surface area (Å²) in [5.41, 5.74) is 0.379. The molecule has 8 heteroatoms. The summed E-state index contributed by atoms with van der Waals surface area (Å²) in [6.07, 6.45) is 4.72. The van der Waals surface area contributed by atoms with E-state index in [4.69, 9.17) is 11.6 Å². The number of amides is 1. The maximum atomic E-state index is 14.6. The summed E-state index contributed by atoms with van der Waals surface area (Å²) in [7, 11) is 1.71. The molecule has 1 saturated carbocycles. The molecule has 2 aromatic carbocycles. The van der Waals surface area contributed by atoms with Gasteiger partial charge in [0, 0.05) is 24.4 Å². The number of carbonyl (C=O) groups excluding carboxylic acids is 1. The summed E-state index contributed by atoms with van der Waals surface area (Å²) in [6, 6.07) is 11.2. The second-order valence-corrected chi connectivity index (χ2v) is 7.87. The van der Waals surface area contributed by atoms with E-state index in [1.54, 1.807) is 19.2 Å². The van der Waals surface area contributed by atoms with E-state index in [1.807, 2.05) is 24.4 Å². The van der Waals surface area contributed by atoms with Gasteiger partial charge in [0.05, 0.1) is 17.3 Å². The number of hydrogen-bond donors (Lipinski definition) is 1. The third kappa shape index (κ3) is 4.56. The Kier molecular flexibility index (Phi) is 6.33. The summed E-state index contributed by atoms with van der Waals surface area (Å²) in [6.45, 7) is 0. The minimum atomic E-state index is -0.930. The van der Waals surface area contributed by atoms with Gasteiger partial charge in [-0.15, -0.1) is 0 Å². The van der Waals surface area contributed by atoms with Gasteiger partial charge in [-0.3, -0.25) is 9.48 Å². The fraction of sp³-hybridized carbons (Fsp3) is 0.208. The molecular weight excluding hydrogens is 434 g/mol. The average molecular weight is 453 g/mol. The molecule has 1 aliphatic carbocycles. The van der Waals surface area contributed by atoms with Crippen molar-refractivity contribution in [1.82, 2.24) is 9.78 Å². The number of aromatic nitrogens is 2. The molecule has 1 N–H and O–H groups in total. The molecule has 0 atom stereocenters. The number of hydrogen-bond acceptors (Lipinski definition) is 3. The summed E-state index contributed by atoms with van der Waals surface area (Å²) in [5, 5.41) is 6.59. The lowest BCUT2D eigenvalue weighted by atomic mass is 9.81. The van der Waals surface area contributed by atoms with Crippen LogP contribution < -0.4 is 5.32 Å². The van der Waals surface area contributed by atoms with Gasteiger partial charge in [-0.1, -0.05) is 41.6 Å². The molecule has 3 aromatic rings. The van der Waals surface area contributed by atoms with E-state index >= 15 is 0 Å². The molecule has 5 nitrogen and oxygen atoms in total. The number of halogens is 3. The first-order valence-corrected chi connectivity index (χ1v) is 10.4. The van der Waals surface area contributed by atoms with Gasteiger partial charge in [0.15, 0.2) is 11.6 Å². The van der Waals surface area contributed by atoms with Crippen LogP contribution in [0.4, 0.5) is 14.5 Å². The summed E-state index contributed by atoms with van der Waals surface area (Å²) < 4.78 is 30.7. The Bertz CT molecular complexity index is 1210. The second-order valence-electron chi connectivity index (χ2n) is 7.46. The van der Waals surface area contributed by atoms with E-state index in [9.17, 15) is 13.6 Å². The van der Waals surface area contributed by atoms with Crippen LogP contribution in [0.1, 0.15) is 40.5 Å². The van der Waals surface area contributed by atoms with Crippen molar-refractivity contribution in [3.63, 3.8) is 0 Å². The molecule has 4 rings (SSSR count). The molecule has 0 bridgehead atoms. The quantitative estimate of drug-likeness (QED) is 0.441. The van der Waals surface area contributed by atoms with Gasteiger partial charge < -0.3 is 10.3 Å². The van der Waals surface area contributed by atoms with Crippen molar-refractivity contribution < 1.29 is 13.6 Å². The van der Waals surface area contributed by atoms with Crippen LogP contribution in [0.5, 0.6) is 0 Å². The highest BCUT2D eigenvalue weighted by molar-refractivity contribution is 6.34. The van der Waals surface area contributed by atoms with E-state index in [2.05, 4.69) is 27.2 Å². The predicted molar refractivity (Wildman–Crippen MR) is 120 cm³/mol. The van der Waals surface area contributed by atoms with E-state index < -0.39 is 23.2 Å². The van der Waals surface area contributed by atoms with E-state index in [1.165, 1.54) is 10.9 Å². The normalized spacial score (nSPS) is 17.5. The van der Waals surface area contributed by atoms with E-state index in [0.29, 0.717) is 5.92 Å². The Labute approximate surface area is 189 Å². The Morgan fingerprint density at radius 3 is 2.50 bits per heavy atom. The molecule has 1 fully saturated rings. The van der Waals surface area contributed by atoms with E-state index in [0.717, 1.165) is 30.5 Å². The van der Waals surface area contributed by atoms with Crippen LogP contribution in [-0.2, 0) is 0 Å². The molecule has 0 spiro atoms. The van der Waals surface area contributed by atoms with Crippen molar-refractivity contribution >= 4 is 29.4 Å². The van der Waals surface area contributed by atoms with Crippen LogP contribution in [-0.4, -0.2) is 28.9 Å². The van der Waals surface area contributed by atoms with Gasteiger partial charge in [-0.05, 0) is 43.0 Å². The largest absolute Gasteiger partial charge is 0.316 e. The minimum Gasteiger partial charge on any atom is -0.316 e. The highest BCUT2D eigenvalue weighted by atomic mass is 35.5. The van der Waals surface area contributed by atoms with Gasteiger partial charge in [-0.2, -0.15) is 5.10 Å². The van der Waals surface area contributed by atoms with Crippen molar-refractivity contribution in [1.29, 1.82) is 0 Å². The zero-order chi connectivity index (χ0) is 22.7. The van der Waals surface area contributed by atoms with Gasteiger partial charge >= 0.3 is 0 Å². The molecule has 1 aliphatic rings. The fourth-order valence-electron chi connectivity index (χ4n) is 3.60. The lowest BCUT2D eigenvalue weighted by Gasteiger charge is -2.33. The van der Waals surface area contributed by atoms with Crippen molar-refractivity contribution in [3.8, 4) is 11.8 Å². The van der Waals surface area contributed by atoms with Crippen LogP contribution in [0.2, 0.25) is 5.02 Å². The Morgan fingerprint density at radius 2 is 1.84 bits per heavy atom. The number of nitrogens with zero attached hydrogens (tertiary/aromatic N) is 3. The average Bonchev–Trinajstić information content (AvgIpc) is 3.13. The Morgan fingerprint density at radius 1 is 1.19 bits per heavy atom. The van der Waals surface area contributed by atoms with Gasteiger partial charge in [0.1, 0.15) is 11.4 Å². The Balaban J connectivity index is 1.53. The third-order valence-corrected chi connectivity index (χ3v) is 5.50. The number of rotatable bonds is 4. The maximum Gasteiger partial charge on any atom is 0.275 e. The number of aliphatic imine (C=N–C) groups is 1. The highest BCUT2D eigenvalue weighted by Gasteiger charge is 2.33. The Hall–Kier alpha value is -3.50. The first-order valence-electron chi connectivity index (χ1n) is 9.99. The van der Waals surface area contributed by atoms with Crippen molar-refractivity contribution in [2.75, 3.05) is 12.4 Å². The maximum absolute atomic E-state index is 14.6. The van der Waals surface area contributed by atoms with Crippen LogP contribution in [0, 0.1) is 29.4 Å². The van der Waals surface area contributed by atoms with Gasteiger partial charge in [0.2, 0.25) is 0 Å². The zero-order valence-corrected chi connectivity index (χ0v) is 17.9. The molecule has 0 saturated heterocycles. The summed E-state index contributed by atoms with van der Waals surface area (Å²) in [5.74, 6) is 3.28. The molecule has 162 valence electrons. The number of anilines is 1. The number of carbonyl (C=O) groups is 1. The molecule has 1 heterocycles. The second kappa shape index (κ2) is 9.33. The van der Waals surface area contributed by atoms with E-state index in [-0.39, 0.29) is 22.3 Å². The molecule has 0 radical (unpaired) electrons. The van der Waals surface area contributed by atoms with Crippen LogP contribution in [0.25, 0.3) is 0 Å². The standard InChI is InChI=1S/C24H19ClF2N4O/c1-28-13-17-9-18(10-17)31-23(19(25)14-29-31)24(32)30-22-20(26)11-16(12-21(22)27)8-7-15-5-3-2-4-6-15/h2-6,11-14,17-18H,9-10H2,1H3,(H,30,32). The SMILES string of the molecule is CN=CC1CC(n2ncc(Cl)c2C(=O)Nc2c(F)cc(C#Cc3ccccc3)cc2F)C1. The summed E-state index contributed by atoms with van der Waals surface area (Å²) >= 11 is 6.16. The number of nitrogens with one attached hydrogen (secondary N) is 1. The van der Waals surface area contributed by atoms with Crippen molar-refractivity contribution in [2.24, 2.45) is 10.9 Å². The number of benzene rings is 2. The van der Waals surface area contributed by atoms with Gasteiger partial charge in [0.25, 0.3) is 5.91 Å². The van der Waals surface area contributed by atoms with Crippen molar-refractivity contribution in [2.45, 2.75) is 18.9 Å². The molecule has 0 unspecified atom stereocenters. The van der Waals surface area contributed by atoms with Crippen LogP contribution >= 0.6 is 11.6 Å². The van der Waals surface area contributed by atoms with Gasteiger partial charge in [-0.25, -0.2) is 8.78 Å². The van der Waals surface area contributed by atoms with Crippen molar-refractivity contribution in [3.05, 3.63) is 82.1 Å². The third-order valence-electron chi connectivity index (χ3n) is 5.23. The minimum absolute atomic E-state index is 0.0309. The fourth-order valence-corrected chi connectivity index (χ4v) is 3.81.